The summed E-state index contributed by atoms with van der Waals surface area (Å²) in [5.41, 5.74) is 0.680. The second-order valence-corrected chi connectivity index (χ2v) is 10.1. The molecule has 0 spiro atoms. The van der Waals surface area contributed by atoms with E-state index in [1.807, 2.05) is 6.07 Å². The Labute approximate surface area is 135 Å². The van der Waals surface area contributed by atoms with Crippen molar-refractivity contribution in [3.8, 4) is 11.8 Å². The van der Waals surface area contributed by atoms with Crippen LogP contribution in [0.3, 0.4) is 0 Å². The zero-order chi connectivity index (χ0) is 14.9. The van der Waals surface area contributed by atoms with E-state index in [1.54, 1.807) is 18.2 Å². The van der Waals surface area contributed by atoms with Crippen LogP contribution in [0.1, 0.15) is 5.56 Å². The van der Waals surface area contributed by atoms with Gasteiger partial charge in [-0.2, -0.15) is 5.26 Å². The average molecular weight is 372 g/mol. The molecule has 2 nitrogen and oxygen atoms in total. The molecular weight excluding hydrogens is 365 g/mol. The molecule has 0 amide bonds. The topological polar surface area (TPSA) is 28.7 Å². The number of para-hydroxylation sites is 1. The monoisotopic (exact) mass is 370 g/mol. The van der Waals surface area contributed by atoms with E-state index in [1.165, 1.54) is 17.0 Å². The van der Waals surface area contributed by atoms with Crippen molar-refractivity contribution < 1.29 is 4.39 Å². The van der Waals surface area contributed by atoms with E-state index in [2.05, 4.69) is 0 Å². The Balaban J connectivity index is 2.65. The molecule has 1 aromatic heterocycles. The van der Waals surface area contributed by atoms with Crippen molar-refractivity contribution in [1.82, 2.24) is 4.57 Å². The van der Waals surface area contributed by atoms with E-state index in [-0.39, 0.29) is 10.5 Å². The summed E-state index contributed by atoms with van der Waals surface area (Å²) in [4.78, 5) is 0.252. The van der Waals surface area contributed by atoms with Gasteiger partial charge in [0.25, 0.3) is 0 Å². The fourth-order valence-corrected chi connectivity index (χ4v) is 3.82. The Morgan fingerprint density at radius 2 is 1.80 bits per heavy atom. The molecule has 0 saturated heterocycles. The predicted octanol–water partition coefficient (Wildman–Crippen LogP) is 6.05. The Hall–Kier alpha value is -0.570. The molecule has 2 rings (SSSR count). The third-order valence-corrected chi connectivity index (χ3v) is 5.91. The summed E-state index contributed by atoms with van der Waals surface area (Å²) >= 11 is 12.2. The van der Waals surface area contributed by atoms with E-state index in [9.17, 15) is 4.39 Å². The molecule has 1 aromatic carbocycles. The van der Waals surface area contributed by atoms with Crippen LogP contribution in [0.15, 0.2) is 35.5 Å². The first-order valence-electron chi connectivity index (χ1n) is 5.23. The zero-order valence-electron chi connectivity index (χ0n) is 9.79. The van der Waals surface area contributed by atoms with Crippen LogP contribution in [-0.2, 0) is 0 Å². The Kier molecular flexibility index (Phi) is 4.78. The van der Waals surface area contributed by atoms with Gasteiger partial charge in [0.15, 0.2) is 0 Å². The second-order valence-electron chi connectivity index (χ2n) is 3.81. The molecule has 0 N–H and O–H groups in total. The molecular formula is C12H7Cl4FN2S. The number of rotatable bonds is 3. The molecule has 106 valence electrons. The lowest BCUT2D eigenvalue weighted by Gasteiger charge is -2.19. The molecule has 0 aliphatic carbocycles. The van der Waals surface area contributed by atoms with E-state index < -0.39 is 14.5 Å². The minimum absolute atomic E-state index is 0.193. The van der Waals surface area contributed by atoms with Crippen molar-refractivity contribution in [2.75, 3.05) is 6.01 Å². The number of alkyl halides is 1. The molecule has 0 aliphatic rings. The summed E-state index contributed by atoms with van der Waals surface area (Å²) in [6, 6.07) is 6.02. The quantitative estimate of drug-likeness (QED) is 0.645. The smallest absolute Gasteiger partial charge is 0.148 e. The SMILES string of the molecule is N#Cc1cn(-c2c(Cl)cccc2Cl)cc1S(Cl)(Cl)CF. The van der Waals surface area contributed by atoms with E-state index >= 15 is 0 Å². The minimum atomic E-state index is -2.71. The number of hydrogen-bond donors (Lipinski definition) is 0. The lowest BCUT2D eigenvalue weighted by Crippen LogP contribution is -1.92. The average Bonchev–Trinajstić information content (AvgIpc) is 2.83. The van der Waals surface area contributed by atoms with Gasteiger partial charge in [-0.1, -0.05) is 29.3 Å². The Bertz CT molecular complexity index is 673. The van der Waals surface area contributed by atoms with Gasteiger partial charge in [0.05, 0.1) is 26.2 Å². The molecule has 20 heavy (non-hydrogen) atoms. The maximum atomic E-state index is 12.9. The van der Waals surface area contributed by atoms with Crippen LogP contribution in [0.2, 0.25) is 10.0 Å². The summed E-state index contributed by atoms with van der Waals surface area (Å²) < 4.78 is 14.5. The molecule has 1 heterocycles. The molecule has 0 aliphatic heterocycles. The van der Waals surface area contributed by atoms with Crippen molar-refractivity contribution in [3.63, 3.8) is 0 Å². The molecule has 2 aromatic rings. The molecule has 0 saturated carbocycles. The Morgan fingerprint density at radius 3 is 2.30 bits per heavy atom. The van der Waals surface area contributed by atoms with Crippen LogP contribution in [0, 0.1) is 11.3 Å². The lowest BCUT2D eigenvalue weighted by atomic mass is 10.3. The third kappa shape index (κ3) is 2.88. The first-order chi connectivity index (χ1) is 9.40. The van der Waals surface area contributed by atoms with Crippen molar-refractivity contribution >= 4 is 53.0 Å². The van der Waals surface area contributed by atoms with Gasteiger partial charge in [0, 0.05) is 12.4 Å². The van der Waals surface area contributed by atoms with Gasteiger partial charge >= 0.3 is 0 Å². The van der Waals surface area contributed by atoms with Crippen molar-refractivity contribution in [1.29, 1.82) is 5.26 Å². The number of halogens is 5. The molecule has 8 heteroatoms. The van der Waals surface area contributed by atoms with Crippen LogP contribution in [0.5, 0.6) is 0 Å². The fourth-order valence-electron chi connectivity index (χ4n) is 1.68. The van der Waals surface area contributed by atoms with E-state index in [0.29, 0.717) is 15.7 Å². The first kappa shape index (κ1) is 15.8. The van der Waals surface area contributed by atoms with Gasteiger partial charge in [-0.25, -0.2) is 4.39 Å². The first-order valence-corrected chi connectivity index (χ1v) is 9.44. The van der Waals surface area contributed by atoms with Crippen molar-refractivity contribution in [2.45, 2.75) is 4.90 Å². The summed E-state index contributed by atoms with van der Waals surface area (Å²) in [5, 5.41) is 9.91. The Morgan fingerprint density at radius 1 is 1.20 bits per heavy atom. The van der Waals surface area contributed by atoms with Gasteiger partial charge in [-0.05, 0) is 42.0 Å². The lowest BCUT2D eigenvalue weighted by molar-refractivity contribution is 0.603. The van der Waals surface area contributed by atoms with E-state index in [4.69, 9.17) is 49.8 Å². The summed E-state index contributed by atoms with van der Waals surface area (Å²) in [5.74, 6) is 0. The molecule has 0 atom stereocenters. The minimum Gasteiger partial charge on any atom is -0.319 e. The summed E-state index contributed by atoms with van der Waals surface area (Å²) in [6.45, 7) is 0. The van der Waals surface area contributed by atoms with Crippen LogP contribution >= 0.6 is 53.0 Å². The number of nitrogens with zero attached hydrogens (tertiary/aromatic N) is 2. The van der Waals surface area contributed by atoms with Gasteiger partial charge in [0.1, 0.15) is 12.1 Å². The highest BCUT2D eigenvalue weighted by molar-refractivity contribution is 8.65. The largest absolute Gasteiger partial charge is 0.319 e. The summed E-state index contributed by atoms with van der Waals surface area (Å²) in [7, 11) is 9.20. The molecule has 0 bridgehead atoms. The fraction of sp³-hybridized carbons (Fsp3) is 0.0833. The normalized spacial score (nSPS) is 12.2. The second kappa shape index (κ2) is 6.05. The van der Waals surface area contributed by atoms with Gasteiger partial charge in [-0.3, -0.25) is 0 Å². The third-order valence-electron chi connectivity index (χ3n) is 2.56. The molecule has 0 unspecified atom stereocenters. The van der Waals surface area contributed by atoms with Crippen molar-refractivity contribution in [3.05, 3.63) is 46.2 Å². The maximum absolute atomic E-state index is 12.9. The highest BCUT2D eigenvalue weighted by Gasteiger charge is 2.27. The zero-order valence-corrected chi connectivity index (χ0v) is 13.6. The van der Waals surface area contributed by atoms with Crippen LogP contribution < -0.4 is 0 Å². The maximum Gasteiger partial charge on any atom is 0.148 e. The highest BCUT2D eigenvalue weighted by atomic mass is 36.0. The number of aromatic nitrogens is 1. The molecule has 0 radical (unpaired) electrons. The van der Waals surface area contributed by atoms with Gasteiger partial charge in [-0.15, -0.1) is 0 Å². The molecule has 0 fully saturated rings. The number of hydrogen-bond acceptors (Lipinski definition) is 1. The van der Waals surface area contributed by atoms with Crippen LogP contribution in [0.25, 0.3) is 5.69 Å². The van der Waals surface area contributed by atoms with Gasteiger partial charge < -0.3 is 4.57 Å². The van der Waals surface area contributed by atoms with Crippen molar-refractivity contribution in [2.24, 2.45) is 0 Å². The number of nitriles is 1. The predicted molar refractivity (Wildman–Crippen MR) is 84.0 cm³/mol. The van der Waals surface area contributed by atoms with E-state index in [0.717, 1.165) is 0 Å². The summed E-state index contributed by atoms with van der Waals surface area (Å²) in [6.07, 6.45) is 2.96. The standard InChI is InChI=1S/C12H7Cl4FN2S/c13-9-2-1-3-10(14)12(9)19-5-8(4-18)11(6-19)20(15,16)7-17/h1-3,5-6H,7H2. The van der Waals surface area contributed by atoms with Gasteiger partial charge in [0.2, 0.25) is 0 Å². The van der Waals surface area contributed by atoms with Crippen LogP contribution in [0.4, 0.5) is 4.39 Å². The number of benzene rings is 1. The highest BCUT2D eigenvalue weighted by Crippen LogP contribution is 2.66. The van der Waals surface area contributed by atoms with Crippen LogP contribution in [-0.4, -0.2) is 10.6 Å².